The highest BCUT2D eigenvalue weighted by Gasteiger charge is 2.49. The second-order valence-electron chi connectivity index (χ2n) is 7.07. The molecule has 2 amide bonds. The van der Waals surface area contributed by atoms with Gasteiger partial charge in [0.25, 0.3) is 0 Å². The minimum Gasteiger partial charge on any atom is -0.340 e. The van der Waals surface area contributed by atoms with Gasteiger partial charge < -0.3 is 9.80 Å². The van der Waals surface area contributed by atoms with Crippen LogP contribution in [0.1, 0.15) is 33.1 Å². The lowest BCUT2D eigenvalue weighted by molar-refractivity contribution is -0.135. The molecule has 0 N–H and O–H groups in total. The van der Waals surface area contributed by atoms with Gasteiger partial charge in [-0.3, -0.25) is 14.5 Å². The smallest absolute Gasteiger partial charge is 0.241 e. The molecular weight excluding hydrogens is 322 g/mol. The molecule has 0 aliphatic carbocycles. The van der Waals surface area contributed by atoms with Crippen LogP contribution in [0.4, 0.5) is 5.69 Å². The topological polar surface area (TPSA) is 43.9 Å². The highest BCUT2D eigenvalue weighted by Crippen LogP contribution is 2.34. The van der Waals surface area contributed by atoms with Crippen molar-refractivity contribution >= 4 is 28.8 Å². The second kappa shape index (κ2) is 6.84. The van der Waals surface area contributed by atoms with Gasteiger partial charge in [-0.1, -0.05) is 13.8 Å². The molecular formula is C18H27N3O2S. The van der Waals surface area contributed by atoms with Crippen LogP contribution in [-0.2, 0) is 9.59 Å². The summed E-state index contributed by atoms with van der Waals surface area (Å²) in [5.41, 5.74) is 0.875. The summed E-state index contributed by atoms with van der Waals surface area (Å²) in [7, 11) is 2.02. The Balaban J connectivity index is 1.77. The quantitative estimate of drug-likeness (QED) is 0.839. The third-order valence-electron chi connectivity index (χ3n) is 5.73. The number of piperazine rings is 1. The van der Waals surface area contributed by atoms with Crippen molar-refractivity contribution in [3.05, 3.63) is 16.8 Å². The molecule has 0 saturated carbocycles. The SMILES string of the molecule is CCC(CC)C(=O)N1CCC2(C1)CN(c1ccsc1)C(=O)CN2C. The van der Waals surface area contributed by atoms with E-state index in [2.05, 4.69) is 18.7 Å². The van der Waals surface area contributed by atoms with Crippen molar-refractivity contribution < 1.29 is 9.59 Å². The number of thiophene rings is 1. The van der Waals surface area contributed by atoms with Gasteiger partial charge in [0.05, 0.1) is 17.8 Å². The number of hydrogen-bond acceptors (Lipinski definition) is 4. The van der Waals surface area contributed by atoms with Crippen LogP contribution in [0.3, 0.4) is 0 Å². The monoisotopic (exact) mass is 349 g/mol. The maximum Gasteiger partial charge on any atom is 0.241 e. The van der Waals surface area contributed by atoms with E-state index >= 15 is 0 Å². The first-order valence-corrected chi connectivity index (χ1v) is 9.77. The van der Waals surface area contributed by atoms with Gasteiger partial charge in [-0.05, 0) is 37.8 Å². The van der Waals surface area contributed by atoms with Crippen LogP contribution in [0.5, 0.6) is 0 Å². The Hall–Kier alpha value is -1.40. The Bertz CT molecular complexity index is 599. The van der Waals surface area contributed by atoms with Crippen molar-refractivity contribution in [1.82, 2.24) is 9.80 Å². The Kier molecular flexibility index (Phi) is 4.97. The minimum atomic E-state index is -0.114. The lowest BCUT2D eigenvalue weighted by Gasteiger charge is -2.46. The first-order valence-electron chi connectivity index (χ1n) is 8.83. The Morgan fingerprint density at radius 1 is 1.33 bits per heavy atom. The molecule has 1 aromatic rings. The number of carbonyl (C=O) groups excluding carboxylic acids is 2. The van der Waals surface area contributed by atoms with Crippen LogP contribution >= 0.6 is 11.3 Å². The Morgan fingerprint density at radius 2 is 2.08 bits per heavy atom. The van der Waals surface area contributed by atoms with E-state index in [0.717, 1.165) is 38.0 Å². The van der Waals surface area contributed by atoms with E-state index in [1.54, 1.807) is 11.3 Å². The van der Waals surface area contributed by atoms with Crippen LogP contribution < -0.4 is 4.90 Å². The summed E-state index contributed by atoms with van der Waals surface area (Å²) >= 11 is 1.61. The van der Waals surface area contributed by atoms with Crippen molar-refractivity contribution in [2.75, 3.05) is 38.1 Å². The van der Waals surface area contributed by atoms with E-state index in [-0.39, 0.29) is 23.3 Å². The lowest BCUT2D eigenvalue weighted by atomic mass is 9.92. The summed E-state index contributed by atoms with van der Waals surface area (Å²) in [6.45, 7) is 6.79. The molecule has 2 aliphatic heterocycles. The van der Waals surface area contributed by atoms with Gasteiger partial charge in [-0.2, -0.15) is 11.3 Å². The summed E-state index contributed by atoms with van der Waals surface area (Å²) in [4.78, 5) is 31.3. The lowest BCUT2D eigenvalue weighted by Crippen LogP contribution is -2.64. The van der Waals surface area contributed by atoms with Gasteiger partial charge in [-0.15, -0.1) is 0 Å². The minimum absolute atomic E-state index is 0.114. The van der Waals surface area contributed by atoms with Crippen LogP contribution in [0, 0.1) is 5.92 Å². The van der Waals surface area contributed by atoms with Crippen LogP contribution in [0.15, 0.2) is 16.8 Å². The average Bonchev–Trinajstić information content (AvgIpc) is 3.23. The molecule has 1 atom stereocenters. The fraction of sp³-hybridized carbons (Fsp3) is 0.667. The summed E-state index contributed by atoms with van der Waals surface area (Å²) in [6, 6.07) is 2.00. The Labute approximate surface area is 148 Å². The Morgan fingerprint density at radius 3 is 2.71 bits per heavy atom. The molecule has 24 heavy (non-hydrogen) atoms. The van der Waals surface area contributed by atoms with Gasteiger partial charge >= 0.3 is 0 Å². The summed E-state index contributed by atoms with van der Waals surface area (Å²) in [5.74, 6) is 0.555. The van der Waals surface area contributed by atoms with Crippen molar-refractivity contribution in [1.29, 1.82) is 0 Å². The van der Waals surface area contributed by atoms with Crippen molar-refractivity contribution in [3.8, 4) is 0 Å². The van der Waals surface area contributed by atoms with E-state index in [1.165, 1.54) is 0 Å². The molecule has 5 nitrogen and oxygen atoms in total. The van der Waals surface area contributed by atoms with Gasteiger partial charge in [0.1, 0.15) is 0 Å². The van der Waals surface area contributed by atoms with Gasteiger partial charge in [0, 0.05) is 30.9 Å². The standard InChI is InChI=1S/C18H27N3O2S/c1-4-14(5-2)17(23)20-8-7-18(12-20)13-21(15-6-9-24-11-15)16(22)10-19(18)3/h6,9,11,14H,4-5,7-8,10,12-13H2,1-3H3. The van der Waals surface area contributed by atoms with Crippen LogP contribution in [0.2, 0.25) is 0 Å². The van der Waals surface area contributed by atoms with E-state index in [0.29, 0.717) is 13.1 Å². The molecule has 1 unspecified atom stereocenters. The first-order chi connectivity index (χ1) is 11.5. The number of likely N-dealkylation sites (tertiary alicyclic amines) is 1. The molecule has 3 rings (SSSR count). The summed E-state index contributed by atoms with van der Waals surface area (Å²) < 4.78 is 0. The van der Waals surface area contributed by atoms with Crippen molar-refractivity contribution in [3.63, 3.8) is 0 Å². The summed E-state index contributed by atoms with van der Waals surface area (Å²) in [5, 5.41) is 4.03. The number of amides is 2. The molecule has 1 aromatic heterocycles. The van der Waals surface area contributed by atoms with Crippen molar-refractivity contribution in [2.45, 2.75) is 38.6 Å². The molecule has 3 heterocycles. The maximum atomic E-state index is 12.7. The molecule has 132 valence electrons. The molecule has 1 spiro atoms. The van der Waals surface area contributed by atoms with E-state index in [4.69, 9.17) is 0 Å². The number of anilines is 1. The average molecular weight is 350 g/mol. The van der Waals surface area contributed by atoms with Crippen molar-refractivity contribution in [2.24, 2.45) is 5.92 Å². The van der Waals surface area contributed by atoms with Gasteiger partial charge in [0.2, 0.25) is 11.8 Å². The highest BCUT2D eigenvalue weighted by atomic mass is 32.1. The number of rotatable bonds is 4. The zero-order chi connectivity index (χ0) is 17.3. The third-order valence-corrected chi connectivity index (χ3v) is 6.40. The summed E-state index contributed by atoms with van der Waals surface area (Å²) in [6.07, 6.45) is 2.73. The number of hydrogen-bond donors (Lipinski definition) is 0. The van der Waals surface area contributed by atoms with E-state index in [9.17, 15) is 9.59 Å². The maximum absolute atomic E-state index is 12.7. The molecule has 0 radical (unpaired) electrons. The predicted octanol–water partition coefficient (Wildman–Crippen LogP) is 2.43. The largest absolute Gasteiger partial charge is 0.340 e. The van der Waals surface area contributed by atoms with Gasteiger partial charge in [-0.25, -0.2) is 0 Å². The molecule has 2 saturated heterocycles. The zero-order valence-electron chi connectivity index (χ0n) is 14.8. The highest BCUT2D eigenvalue weighted by molar-refractivity contribution is 7.08. The molecule has 0 bridgehead atoms. The second-order valence-corrected chi connectivity index (χ2v) is 7.85. The molecule has 6 heteroatoms. The number of nitrogens with zero attached hydrogens (tertiary/aromatic N) is 3. The number of carbonyl (C=O) groups is 2. The molecule has 2 aliphatic rings. The van der Waals surface area contributed by atoms with E-state index in [1.807, 2.05) is 33.7 Å². The first kappa shape index (κ1) is 17.4. The fourth-order valence-corrected chi connectivity index (χ4v) is 4.63. The van der Waals surface area contributed by atoms with Crippen LogP contribution in [0.25, 0.3) is 0 Å². The fourth-order valence-electron chi connectivity index (χ4n) is 3.99. The normalized spacial score (nSPS) is 25.2. The predicted molar refractivity (Wildman–Crippen MR) is 97.3 cm³/mol. The molecule has 2 fully saturated rings. The van der Waals surface area contributed by atoms with E-state index < -0.39 is 0 Å². The van der Waals surface area contributed by atoms with Gasteiger partial charge in [0.15, 0.2) is 0 Å². The van der Waals surface area contributed by atoms with Crippen LogP contribution in [-0.4, -0.2) is 60.4 Å². The number of likely N-dealkylation sites (N-methyl/N-ethyl adjacent to an activating group) is 1. The zero-order valence-corrected chi connectivity index (χ0v) is 15.6. The third kappa shape index (κ3) is 2.97. The molecule has 0 aromatic carbocycles.